The van der Waals surface area contributed by atoms with Crippen molar-refractivity contribution >= 4 is 15.9 Å². The van der Waals surface area contributed by atoms with Gasteiger partial charge in [-0.1, -0.05) is 0 Å². The standard InChI is InChI=1S/C14H20N2O5S/c1-15-22(18,19)12-5-3-11(4-6-12)13(17)16-9-14(20-2)7-8-21-10-14/h3-6,15H,7-10H2,1-2H3,(H,16,17)/t14-/m0/s1. The second-order valence-electron chi connectivity index (χ2n) is 5.10. The van der Waals surface area contributed by atoms with Crippen molar-refractivity contribution in [1.29, 1.82) is 0 Å². The van der Waals surface area contributed by atoms with Gasteiger partial charge in [0.15, 0.2) is 0 Å². The summed E-state index contributed by atoms with van der Waals surface area (Å²) in [5.41, 5.74) is -0.0920. The zero-order valence-electron chi connectivity index (χ0n) is 12.6. The lowest BCUT2D eigenvalue weighted by Gasteiger charge is -2.25. The van der Waals surface area contributed by atoms with Gasteiger partial charge in [0.2, 0.25) is 10.0 Å². The summed E-state index contributed by atoms with van der Waals surface area (Å²) in [6, 6.07) is 5.74. The van der Waals surface area contributed by atoms with Gasteiger partial charge in [-0.3, -0.25) is 4.79 Å². The summed E-state index contributed by atoms with van der Waals surface area (Å²) in [7, 11) is -0.565. The normalized spacial score (nSPS) is 21.7. The van der Waals surface area contributed by atoms with E-state index in [0.717, 1.165) is 6.42 Å². The Bertz CT molecular complexity index is 621. The highest BCUT2D eigenvalue weighted by Crippen LogP contribution is 2.21. The first-order valence-electron chi connectivity index (χ1n) is 6.87. The van der Waals surface area contributed by atoms with E-state index in [4.69, 9.17) is 9.47 Å². The average Bonchev–Trinajstić information content (AvgIpc) is 3.02. The zero-order chi connectivity index (χ0) is 16.2. The van der Waals surface area contributed by atoms with Crippen molar-refractivity contribution in [2.24, 2.45) is 0 Å². The molecule has 2 N–H and O–H groups in total. The minimum absolute atomic E-state index is 0.115. The fourth-order valence-electron chi connectivity index (χ4n) is 2.21. The summed E-state index contributed by atoms with van der Waals surface area (Å²) in [5.74, 6) is -0.281. The van der Waals surface area contributed by atoms with Gasteiger partial charge in [-0.15, -0.1) is 0 Å². The number of rotatable bonds is 6. The summed E-state index contributed by atoms with van der Waals surface area (Å²) in [6.45, 7) is 1.41. The molecule has 1 heterocycles. The molecule has 122 valence electrons. The van der Waals surface area contributed by atoms with Crippen molar-refractivity contribution in [2.75, 3.05) is 33.9 Å². The number of hydrogen-bond donors (Lipinski definition) is 2. The van der Waals surface area contributed by atoms with Crippen LogP contribution >= 0.6 is 0 Å². The molecule has 1 aliphatic rings. The van der Waals surface area contributed by atoms with Crippen LogP contribution < -0.4 is 10.0 Å². The molecule has 0 radical (unpaired) electrons. The molecular formula is C14H20N2O5S. The number of sulfonamides is 1. The molecular weight excluding hydrogens is 308 g/mol. The first-order chi connectivity index (χ1) is 10.4. The average molecular weight is 328 g/mol. The lowest BCUT2D eigenvalue weighted by atomic mass is 10.0. The summed E-state index contributed by atoms with van der Waals surface area (Å²) in [4.78, 5) is 12.2. The third kappa shape index (κ3) is 3.64. The van der Waals surface area contributed by atoms with Gasteiger partial charge >= 0.3 is 0 Å². The fraction of sp³-hybridized carbons (Fsp3) is 0.500. The lowest BCUT2D eigenvalue weighted by Crippen LogP contribution is -2.45. The SMILES string of the molecule is CNS(=O)(=O)c1ccc(C(=O)NC[C@@]2(OC)CCOC2)cc1. The molecule has 1 aromatic carbocycles. The van der Waals surface area contributed by atoms with E-state index < -0.39 is 15.6 Å². The molecule has 0 bridgehead atoms. The molecule has 0 aliphatic carbocycles. The molecule has 0 unspecified atom stereocenters. The van der Waals surface area contributed by atoms with Gasteiger partial charge in [0.25, 0.3) is 5.91 Å². The molecule has 1 saturated heterocycles. The van der Waals surface area contributed by atoms with Crippen molar-refractivity contribution in [3.8, 4) is 0 Å². The van der Waals surface area contributed by atoms with Gasteiger partial charge < -0.3 is 14.8 Å². The Morgan fingerprint density at radius 2 is 2.05 bits per heavy atom. The van der Waals surface area contributed by atoms with Gasteiger partial charge in [-0.25, -0.2) is 13.1 Å². The number of nitrogens with one attached hydrogen (secondary N) is 2. The molecule has 1 atom stereocenters. The van der Waals surface area contributed by atoms with E-state index in [-0.39, 0.29) is 10.8 Å². The van der Waals surface area contributed by atoms with Crippen LogP contribution in [0, 0.1) is 0 Å². The van der Waals surface area contributed by atoms with E-state index in [1.165, 1.54) is 31.3 Å². The molecule has 2 rings (SSSR count). The molecule has 0 aromatic heterocycles. The number of amides is 1. The Hall–Kier alpha value is -1.48. The van der Waals surface area contributed by atoms with Crippen molar-refractivity contribution < 1.29 is 22.7 Å². The van der Waals surface area contributed by atoms with Gasteiger partial charge in [0.1, 0.15) is 5.60 Å². The number of carbonyl (C=O) groups is 1. The van der Waals surface area contributed by atoms with Crippen molar-refractivity contribution in [2.45, 2.75) is 16.9 Å². The highest BCUT2D eigenvalue weighted by atomic mass is 32.2. The molecule has 7 nitrogen and oxygen atoms in total. The molecule has 1 amide bonds. The van der Waals surface area contributed by atoms with Crippen LogP contribution in [0.2, 0.25) is 0 Å². The van der Waals surface area contributed by atoms with Crippen LogP contribution in [-0.4, -0.2) is 53.8 Å². The Balaban J connectivity index is 2.01. The smallest absolute Gasteiger partial charge is 0.251 e. The quantitative estimate of drug-likeness (QED) is 0.774. The first-order valence-corrected chi connectivity index (χ1v) is 8.35. The lowest BCUT2D eigenvalue weighted by molar-refractivity contribution is -0.0148. The summed E-state index contributed by atoms with van der Waals surface area (Å²) in [6.07, 6.45) is 0.725. The Kier molecular flexibility index (Phi) is 5.17. The number of ether oxygens (including phenoxy) is 2. The minimum Gasteiger partial charge on any atom is -0.378 e. The van der Waals surface area contributed by atoms with Crippen LogP contribution in [0.3, 0.4) is 0 Å². The van der Waals surface area contributed by atoms with Crippen LogP contribution in [0.4, 0.5) is 0 Å². The Morgan fingerprint density at radius 1 is 1.36 bits per heavy atom. The third-order valence-corrected chi connectivity index (χ3v) is 5.20. The highest BCUT2D eigenvalue weighted by molar-refractivity contribution is 7.89. The van der Waals surface area contributed by atoms with Crippen molar-refractivity contribution in [1.82, 2.24) is 10.0 Å². The molecule has 0 saturated carbocycles. The number of hydrogen-bond acceptors (Lipinski definition) is 5. The number of benzene rings is 1. The van der Waals surface area contributed by atoms with E-state index >= 15 is 0 Å². The predicted molar refractivity (Wildman–Crippen MR) is 80.2 cm³/mol. The highest BCUT2D eigenvalue weighted by Gasteiger charge is 2.35. The number of methoxy groups -OCH3 is 1. The topological polar surface area (TPSA) is 93.7 Å². The minimum atomic E-state index is -3.50. The van der Waals surface area contributed by atoms with Crippen LogP contribution in [0.5, 0.6) is 0 Å². The van der Waals surface area contributed by atoms with Crippen LogP contribution in [-0.2, 0) is 19.5 Å². The predicted octanol–water partition coefficient (Wildman–Crippen LogP) is 0.130. The Labute approximate surface area is 130 Å². The maximum Gasteiger partial charge on any atom is 0.251 e. The Morgan fingerprint density at radius 3 is 2.55 bits per heavy atom. The van der Waals surface area contributed by atoms with Crippen LogP contribution in [0.15, 0.2) is 29.2 Å². The molecule has 1 fully saturated rings. The monoisotopic (exact) mass is 328 g/mol. The van der Waals surface area contributed by atoms with Gasteiger partial charge in [-0.2, -0.15) is 0 Å². The van der Waals surface area contributed by atoms with Gasteiger partial charge in [0, 0.05) is 32.2 Å². The maximum atomic E-state index is 12.1. The molecule has 8 heteroatoms. The van der Waals surface area contributed by atoms with E-state index in [1.807, 2.05) is 0 Å². The van der Waals surface area contributed by atoms with Crippen LogP contribution in [0.25, 0.3) is 0 Å². The maximum absolute atomic E-state index is 12.1. The fourth-order valence-corrected chi connectivity index (χ4v) is 2.94. The van der Waals surface area contributed by atoms with E-state index in [1.54, 1.807) is 7.11 Å². The van der Waals surface area contributed by atoms with Crippen molar-refractivity contribution in [3.05, 3.63) is 29.8 Å². The summed E-state index contributed by atoms with van der Waals surface area (Å²) in [5, 5.41) is 2.80. The van der Waals surface area contributed by atoms with E-state index in [9.17, 15) is 13.2 Å². The third-order valence-electron chi connectivity index (χ3n) is 3.77. The molecule has 1 aromatic rings. The number of carbonyl (C=O) groups excluding carboxylic acids is 1. The van der Waals surface area contributed by atoms with Crippen molar-refractivity contribution in [3.63, 3.8) is 0 Å². The zero-order valence-corrected chi connectivity index (χ0v) is 13.4. The van der Waals surface area contributed by atoms with E-state index in [0.29, 0.717) is 25.3 Å². The summed E-state index contributed by atoms with van der Waals surface area (Å²) < 4.78 is 36.2. The second-order valence-corrected chi connectivity index (χ2v) is 6.99. The largest absolute Gasteiger partial charge is 0.378 e. The second kappa shape index (κ2) is 6.74. The van der Waals surface area contributed by atoms with Crippen LogP contribution in [0.1, 0.15) is 16.8 Å². The summed E-state index contributed by atoms with van der Waals surface area (Å²) >= 11 is 0. The molecule has 22 heavy (non-hydrogen) atoms. The van der Waals surface area contributed by atoms with Gasteiger partial charge in [-0.05, 0) is 31.3 Å². The molecule has 1 aliphatic heterocycles. The van der Waals surface area contributed by atoms with E-state index in [2.05, 4.69) is 10.0 Å². The van der Waals surface area contributed by atoms with Gasteiger partial charge in [0.05, 0.1) is 11.5 Å². The molecule has 0 spiro atoms. The first kappa shape index (κ1) is 16.9.